The molecule has 2 heteroatoms. The summed E-state index contributed by atoms with van der Waals surface area (Å²) in [6.07, 6.45) is 1.21. The summed E-state index contributed by atoms with van der Waals surface area (Å²) in [6.45, 7) is 9.72. The molecule has 1 aromatic carbocycles. The van der Waals surface area contributed by atoms with Gasteiger partial charge in [0, 0.05) is 0 Å². The molecule has 2 nitrogen and oxygen atoms in total. The standard InChI is InChI=1S/C16H26N2/c1-16(2,3)14-6-4-12(5-7-14)15-8-9-18-11-13(15)10-17/h4-7,13,15,18H,8-11,17H2,1-3H3. The van der Waals surface area contributed by atoms with Crippen LogP contribution in [0.15, 0.2) is 24.3 Å². The van der Waals surface area contributed by atoms with Gasteiger partial charge >= 0.3 is 0 Å². The molecule has 2 atom stereocenters. The monoisotopic (exact) mass is 246 g/mol. The van der Waals surface area contributed by atoms with Crippen molar-refractivity contribution in [3.8, 4) is 0 Å². The lowest BCUT2D eigenvalue weighted by molar-refractivity contribution is 0.333. The van der Waals surface area contributed by atoms with Crippen molar-refractivity contribution in [2.75, 3.05) is 19.6 Å². The molecule has 2 rings (SSSR count). The molecule has 1 aromatic rings. The first kappa shape index (κ1) is 13.6. The molecule has 0 aromatic heterocycles. The Morgan fingerprint density at radius 3 is 2.44 bits per heavy atom. The molecule has 0 spiro atoms. The van der Waals surface area contributed by atoms with Crippen LogP contribution in [-0.2, 0) is 5.41 Å². The van der Waals surface area contributed by atoms with E-state index in [2.05, 4.69) is 50.4 Å². The van der Waals surface area contributed by atoms with Crippen LogP contribution in [0.25, 0.3) is 0 Å². The van der Waals surface area contributed by atoms with Crippen LogP contribution in [0.2, 0.25) is 0 Å². The van der Waals surface area contributed by atoms with Crippen LogP contribution >= 0.6 is 0 Å². The van der Waals surface area contributed by atoms with Crippen LogP contribution in [0.5, 0.6) is 0 Å². The average molecular weight is 246 g/mol. The molecule has 1 aliphatic heterocycles. The maximum atomic E-state index is 5.89. The highest BCUT2D eigenvalue weighted by molar-refractivity contribution is 5.30. The van der Waals surface area contributed by atoms with E-state index in [4.69, 9.17) is 5.73 Å². The van der Waals surface area contributed by atoms with E-state index in [-0.39, 0.29) is 5.41 Å². The molecule has 0 radical (unpaired) electrons. The van der Waals surface area contributed by atoms with Crippen molar-refractivity contribution in [2.24, 2.45) is 11.7 Å². The Morgan fingerprint density at radius 1 is 1.22 bits per heavy atom. The van der Waals surface area contributed by atoms with Gasteiger partial charge in [0.05, 0.1) is 0 Å². The number of nitrogens with two attached hydrogens (primary N) is 1. The van der Waals surface area contributed by atoms with E-state index in [0.29, 0.717) is 11.8 Å². The van der Waals surface area contributed by atoms with Crippen LogP contribution in [0.4, 0.5) is 0 Å². The third kappa shape index (κ3) is 2.93. The van der Waals surface area contributed by atoms with Gasteiger partial charge < -0.3 is 11.1 Å². The van der Waals surface area contributed by atoms with E-state index < -0.39 is 0 Å². The number of hydrogen-bond donors (Lipinski definition) is 2. The topological polar surface area (TPSA) is 38.0 Å². The second kappa shape index (κ2) is 5.41. The minimum Gasteiger partial charge on any atom is -0.330 e. The zero-order chi connectivity index (χ0) is 13.2. The molecule has 1 saturated heterocycles. The highest BCUT2D eigenvalue weighted by Crippen LogP contribution is 2.31. The number of rotatable bonds is 2. The zero-order valence-corrected chi connectivity index (χ0v) is 11.9. The van der Waals surface area contributed by atoms with E-state index in [1.807, 2.05) is 0 Å². The third-order valence-electron chi connectivity index (χ3n) is 4.12. The Kier molecular flexibility index (Phi) is 4.08. The summed E-state index contributed by atoms with van der Waals surface area (Å²) in [4.78, 5) is 0. The number of benzene rings is 1. The Labute approximate surface area is 111 Å². The summed E-state index contributed by atoms with van der Waals surface area (Å²) in [5, 5.41) is 3.44. The van der Waals surface area contributed by atoms with E-state index >= 15 is 0 Å². The van der Waals surface area contributed by atoms with Crippen molar-refractivity contribution in [2.45, 2.75) is 38.5 Å². The minimum atomic E-state index is 0.236. The van der Waals surface area contributed by atoms with Gasteiger partial charge in [0.1, 0.15) is 0 Å². The summed E-state index contributed by atoms with van der Waals surface area (Å²) < 4.78 is 0. The summed E-state index contributed by atoms with van der Waals surface area (Å²) in [6, 6.07) is 9.17. The second-order valence-electron chi connectivity index (χ2n) is 6.47. The first-order valence-electron chi connectivity index (χ1n) is 7.03. The molecule has 2 unspecified atom stereocenters. The Morgan fingerprint density at radius 2 is 1.89 bits per heavy atom. The smallest absolute Gasteiger partial charge is 0.000257 e. The molecule has 0 aliphatic carbocycles. The summed E-state index contributed by atoms with van der Waals surface area (Å²) >= 11 is 0. The fourth-order valence-corrected chi connectivity index (χ4v) is 2.84. The Balaban J connectivity index is 2.18. The Hall–Kier alpha value is -0.860. The number of hydrogen-bond acceptors (Lipinski definition) is 2. The van der Waals surface area contributed by atoms with Crippen molar-refractivity contribution in [1.82, 2.24) is 5.32 Å². The molecular weight excluding hydrogens is 220 g/mol. The highest BCUT2D eigenvalue weighted by atomic mass is 14.9. The lowest BCUT2D eigenvalue weighted by Gasteiger charge is -2.32. The van der Waals surface area contributed by atoms with Crippen molar-refractivity contribution in [3.05, 3.63) is 35.4 Å². The lowest BCUT2D eigenvalue weighted by atomic mass is 9.79. The van der Waals surface area contributed by atoms with Gasteiger partial charge in [0.2, 0.25) is 0 Å². The van der Waals surface area contributed by atoms with Gasteiger partial charge in [-0.2, -0.15) is 0 Å². The van der Waals surface area contributed by atoms with Gasteiger partial charge in [-0.1, -0.05) is 45.0 Å². The van der Waals surface area contributed by atoms with Crippen molar-refractivity contribution in [3.63, 3.8) is 0 Å². The van der Waals surface area contributed by atoms with Crippen molar-refractivity contribution >= 4 is 0 Å². The van der Waals surface area contributed by atoms with Crippen molar-refractivity contribution < 1.29 is 0 Å². The predicted molar refractivity (Wildman–Crippen MR) is 77.9 cm³/mol. The van der Waals surface area contributed by atoms with Crippen LogP contribution in [0.3, 0.4) is 0 Å². The van der Waals surface area contributed by atoms with Crippen LogP contribution in [-0.4, -0.2) is 19.6 Å². The maximum absolute atomic E-state index is 5.89. The minimum absolute atomic E-state index is 0.236. The quantitative estimate of drug-likeness (QED) is 0.842. The number of piperidine rings is 1. The van der Waals surface area contributed by atoms with Gasteiger partial charge in [-0.25, -0.2) is 0 Å². The summed E-state index contributed by atoms with van der Waals surface area (Å²) in [5.74, 6) is 1.21. The van der Waals surface area contributed by atoms with Crippen LogP contribution in [0.1, 0.15) is 44.2 Å². The fourth-order valence-electron chi connectivity index (χ4n) is 2.84. The third-order valence-corrected chi connectivity index (χ3v) is 4.12. The van der Waals surface area contributed by atoms with Gasteiger partial charge in [0.15, 0.2) is 0 Å². The molecular formula is C16H26N2. The zero-order valence-electron chi connectivity index (χ0n) is 11.9. The first-order chi connectivity index (χ1) is 8.52. The summed E-state index contributed by atoms with van der Waals surface area (Å²) in [5.41, 5.74) is 8.99. The molecule has 100 valence electrons. The van der Waals surface area contributed by atoms with E-state index in [0.717, 1.165) is 19.6 Å². The lowest BCUT2D eigenvalue weighted by Crippen LogP contribution is -2.39. The molecule has 0 amide bonds. The summed E-state index contributed by atoms with van der Waals surface area (Å²) in [7, 11) is 0. The Bertz CT molecular complexity index is 375. The molecule has 1 heterocycles. The molecule has 0 bridgehead atoms. The molecule has 1 fully saturated rings. The SMILES string of the molecule is CC(C)(C)c1ccc(C2CCNCC2CN)cc1. The molecule has 3 N–H and O–H groups in total. The van der Waals surface area contributed by atoms with Gasteiger partial charge in [-0.3, -0.25) is 0 Å². The fraction of sp³-hybridized carbons (Fsp3) is 0.625. The van der Waals surface area contributed by atoms with E-state index in [1.54, 1.807) is 0 Å². The van der Waals surface area contributed by atoms with Crippen molar-refractivity contribution in [1.29, 1.82) is 0 Å². The first-order valence-corrected chi connectivity index (χ1v) is 7.03. The van der Waals surface area contributed by atoms with E-state index in [1.165, 1.54) is 17.5 Å². The highest BCUT2D eigenvalue weighted by Gasteiger charge is 2.25. The normalized spacial score (nSPS) is 25.1. The predicted octanol–water partition coefficient (Wildman–Crippen LogP) is 2.64. The second-order valence-corrected chi connectivity index (χ2v) is 6.47. The van der Waals surface area contributed by atoms with Gasteiger partial charge in [-0.15, -0.1) is 0 Å². The average Bonchev–Trinajstić information content (AvgIpc) is 2.38. The van der Waals surface area contributed by atoms with E-state index in [9.17, 15) is 0 Å². The molecule has 18 heavy (non-hydrogen) atoms. The largest absolute Gasteiger partial charge is 0.330 e. The molecule has 0 saturated carbocycles. The van der Waals surface area contributed by atoms with Gasteiger partial charge in [-0.05, 0) is 54.4 Å². The van der Waals surface area contributed by atoms with Crippen LogP contribution < -0.4 is 11.1 Å². The van der Waals surface area contributed by atoms with Crippen LogP contribution in [0, 0.1) is 5.92 Å². The van der Waals surface area contributed by atoms with Gasteiger partial charge in [0.25, 0.3) is 0 Å². The number of nitrogens with one attached hydrogen (secondary N) is 1. The molecule has 1 aliphatic rings. The maximum Gasteiger partial charge on any atom is -0.000257 e.